The topological polar surface area (TPSA) is 65.1 Å². The second kappa shape index (κ2) is 5.35. The monoisotopic (exact) mass is 318 g/mol. The summed E-state index contributed by atoms with van der Waals surface area (Å²) in [5.74, 6) is 0. The molecule has 0 aliphatic carbocycles. The maximum Gasteiger partial charge on any atom is 0.310 e. The Bertz CT molecular complexity index is 946. The van der Waals surface area contributed by atoms with Crippen LogP contribution in [0.1, 0.15) is 5.56 Å². The number of hydrogen-bond donors (Lipinski definition) is 1. The zero-order chi connectivity index (χ0) is 15.0. The molecule has 0 saturated heterocycles. The number of rotatable bonds is 2. The highest BCUT2D eigenvalue weighted by Crippen LogP contribution is 2.19. The average Bonchev–Trinajstić information content (AvgIpc) is 2.45. The number of nitrogen functional groups attached to an aromatic ring is 1. The highest BCUT2D eigenvalue weighted by Gasteiger charge is 2.10. The molecule has 1 heterocycles. The van der Waals surface area contributed by atoms with E-state index in [0.29, 0.717) is 26.4 Å². The van der Waals surface area contributed by atoms with Crippen molar-refractivity contribution in [3.05, 3.63) is 73.1 Å². The van der Waals surface area contributed by atoms with E-state index in [2.05, 4.69) is 0 Å². The number of nitrogens with zero attached hydrogens (tertiary/aromatic N) is 1. The van der Waals surface area contributed by atoms with Gasteiger partial charge in [0.15, 0.2) is 0 Å². The molecule has 0 saturated carbocycles. The van der Waals surface area contributed by atoms with Crippen molar-refractivity contribution >= 4 is 38.7 Å². The third-order valence-corrected chi connectivity index (χ3v) is 4.42. The predicted octanol–water partition coefficient (Wildman–Crippen LogP) is 2.71. The molecule has 0 fully saturated rings. The average molecular weight is 319 g/mol. The standard InChI is InChI=1S/C15H11ClN2O2S/c16-10-6-5-9(12(17)7-10)8-18-14(19)11-3-1-2-4-13(11)21-15(18)20/h1-7H,8,17H2. The minimum atomic E-state index is -0.302. The maximum absolute atomic E-state index is 12.4. The molecule has 0 amide bonds. The Morgan fingerprint density at radius 2 is 1.90 bits per heavy atom. The van der Waals surface area contributed by atoms with Crippen molar-refractivity contribution in [1.29, 1.82) is 0 Å². The van der Waals surface area contributed by atoms with Gasteiger partial charge >= 0.3 is 4.87 Å². The smallest absolute Gasteiger partial charge is 0.310 e. The zero-order valence-corrected chi connectivity index (χ0v) is 12.4. The van der Waals surface area contributed by atoms with Crippen LogP contribution in [0, 0.1) is 0 Å². The van der Waals surface area contributed by atoms with E-state index < -0.39 is 0 Å². The fourth-order valence-electron chi connectivity index (χ4n) is 2.13. The van der Waals surface area contributed by atoms with Crippen molar-refractivity contribution < 1.29 is 0 Å². The normalized spacial score (nSPS) is 10.9. The minimum absolute atomic E-state index is 0.141. The number of nitrogens with two attached hydrogens (primary N) is 1. The maximum atomic E-state index is 12.4. The molecular formula is C15H11ClN2O2S. The lowest BCUT2D eigenvalue weighted by Crippen LogP contribution is -2.31. The van der Waals surface area contributed by atoms with Gasteiger partial charge in [0.2, 0.25) is 0 Å². The van der Waals surface area contributed by atoms with Gasteiger partial charge in [0.25, 0.3) is 5.56 Å². The Kier molecular flexibility index (Phi) is 3.53. The van der Waals surface area contributed by atoms with Gasteiger partial charge in [-0.1, -0.05) is 41.1 Å². The van der Waals surface area contributed by atoms with Crippen LogP contribution in [0.15, 0.2) is 52.1 Å². The first-order chi connectivity index (χ1) is 10.1. The van der Waals surface area contributed by atoms with Gasteiger partial charge in [-0.25, -0.2) is 0 Å². The van der Waals surface area contributed by atoms with E-state index in [1.807, 2.05) is 0 Å². The van der Waals surface area contributed by atoms with Gasteiger partial charge in [-0.3, -0.25) is 14.2 Å². The Morgan fingerprint density at radius 3 is 2.67 bits per heavy atom. The third-order valence-electron chi connectivity index (χ3n) is 3.22. The number of anilines is 1. The van der Waals surface area contributed by atoms with Gasteiger partial charge in [-0.2, -0.15) is 0 Å². The van der Waals surface area contributed by atoms with Crippen LogP contribution in [-0.2, 0) is 6.54 Å². The van der Waals surface area contributed by atoms with Crippen LogP contribution in [0.2, 0.25) is 5.02 Å². The number of fused-ring (bicyclic) bond motifs is 1. The van der Waals surface area contributed by atoms with Crippen LogP contribution in [0.3, 0.4) is 0 Å². The van der Waals surface area contributed by atoms with E-state index in [4.69, 9.17) is 17.3 Å². The molecular weight excluding hydrogens is 308 g/mol. The second-order valence-corrected chi connectivity index (χ2v) is 6.03. The molecule has 0 unspecified atom stereocenters. The zero-order valence-electron chi connectivity index (χ0n) is 10.9. The van der Waals surface area contributed by atoms with Crippen LogP contribution in [0.4, 0.5) is 5.69 Å². The number of aromatic nitrogens is 1. The van der Waals surface area contributed by atoms with Crippen molar-refractivity contribution in [2.45, 2.75) is 6.54 Å². The summed E-state index contributed by atoms with van der Waals surface area (Å²) in [6.45, 7) is 0.141. The van der Waals surface area contributed by atoms with Gasteiger partial charge in [0, 0.05) is 15.4 Å². The molecule has 2 N–H and O–H groups in total. The van der Waals surface area contributed by atoms with Gasteiger partial charge < -0.3 is 5.73 Å². The first-order valence-electron chi connectivity index (χ1n) is 6.23. The lowest BCUT2D eigenvalue weighted by atomic mass is 10.2. The molecule has 3 rings (SSSR count). The fraction of sp³-hybridized carbons (Fsp3) is 0.0667. The largest absolute Gasteiger partial charge is 0.398 e. The third kappa shape index (κ3) is 2.57. The summed E-state index contributed by atoms with van der Waals surface area (Å²) in [7, 11) is 0. The van der Waals surface area contributed by atoms with Crippen molar-refractivity contribution in [3.63, 3.8) is 0 Å². The van der Waals surface area contributed by atoms with Crippen LogP contribution < -0.4 is 16.2 Å². The molecule has 0 bridgehead atoms. The van der Waals surface area contributed by atoms with Crippen molar-refractivity contribution in [2.75, 3.05) is 5.73 Å². The molecule has 21 heavy (non-hydrogen) atoms. The van der Waals surface area contributed by atoms with E-state index in [1.165, 1.54) is 4.57 Å². The Labute approximate surface area is 129 Å². The summed E-state index contributed by atoms with van der Waals surface area (Å²) in [6.07, 6.45) is 0. The van der Waals surface area contributed by atoms with Crippen molar-refractivity contribution in [2.24, 2.45) is 0 Å². The summed E-state index contributed by atoms with van der Waals surface area (Å²) in [5.41, 5.74) is 6.74. The molecule has 0 atom stereocenters. The summed E-state index contributed by atoms with van der Waals surface area (Å²) in [4.78, 5) is 24.3. The molecule has 2 aromatic carbocycles. The number of benzene rings is 2. The second-order valence-electron chi connectivity index (χ2n) is 4.60. The SMILES string of the molecule is Nc1cc(Cl)ccc1Cn1c(=O)sc2ccccc2c1=O. The molecule has 3 aromatic rings. The van der Waals surface area contributed by atoms with E-state index in [9.17, 15) is 9.59 Å². The Hall–Kier alpha value is -2.11. The Morgan fingerprint density at radius 1 is 1.14 bits per heavy atom. The van der Waals surface area contributed by atoms with Crippen LogP contribution >= 0.6 is 22.9 Å². The van der Waals surface area contributed by atoms with Gasteiger partial charge in [-0.15, -0.1) is 0 Å². The number of halogens is 1. The van der Waals surface area contributed by atoms with Crippen LogP contribution in [-0.4, -0.2) is 4.57 Å². The summed E-state index contributed by atoms with van der Waals surface area (Å²) < 4.78 is 1.89. The van der Waals surface area contributed by atoms with Gasteiger partial charge in [0.1, 0.15) is 0 Å². The molecule has 0 aliphatic heterocycles. The van der Waals surface area contributed by atoms with E-state index >= 15 is 0 Å². The molecule has 0 aliphatic rings. The van der Waals surface area contributed by atoms with E-state index in [1.54, 1.807) is 42.5 Å². The quantitative estimate of drug-likeness (QED) is 0.739. The van der Waals surface area contributed by atoms with E-state index in [0.717, 1.165) is 11.3 Å². The summed E-state index contributed by atoms with van der Waals surface area (Å²) in [6, 6.07) is 12.1. The van der Waals surface area contributed by atoms with Crippen LogP contribution in [0.25, 0.3) is 10.1 Å². The summed E-state index contributed by atoms with van der Waals surface area (Å²) >= 11 is 6.90. The fourth-order valence-corrected chi connectivity index (χ4v) is 3.16. The van der Waals surface area contributed by atoms with Crippen molar-refractivity contribution in [1.82, 2.24) is 4.57 Å². The Balaban J connectivity index is 2.17. The van der Waals surface area contributed by atoms with Crippen molar-refractivity contribution in [3.8, 4) is 0 Å². The lowest BCUT2D eigenvalue weighted by Gasteiger charge is -2.08. The lowest BCUT2D eigenvalue weighted by molar-refractivity contribution is 0.754. The van der Waals surface area contributed by atoms with Gasteiger partial charge in [0.05, 0.1) is 11.9 Å². The highest BCUT2D eigenvalue weighted by molar-refractivity contribution is 7.16. The molecule has 0 spiro atoms. The first kappa shape index (κ1) is 13.9. The molecule has 4 nitrogen and oxygen atoms in total. The van der Waals surface area contributed by atoms with E-state index in [-0.39, 0.29) is 17.0 Å². The van der Waals surface area contributed by atoms with Crippen LogP contribution in [0.5, 0.6) is 0 Å². The molecule has 6 heteroatoms. The predicted molar refractivity (Wildman–Crippen MR) is 87.3 cm³/mol. The molecule has 106 valence electrons. The number of hydrogen-bond acceptors (Lipinski definition) is 4. The summed E-state index contributed by atoms with van der Waals surface area (Å²) in [5, 5.41) is 1.06. The highest BCUT2D eigenvalue weighted by atomic mass is 35.5. The van der Waals surface area contributed by atoms with Gasteiger partial charge in [-0.05, 0) is 29.8 Å². The molecule has 0 radical (unpaired) electrons. The minimum Gasteiger partial charge on any atom is -0.398 e. The molecule has 1 aromatic heterocycles. The first-order valence-corrected chi connectivity index (χ1v) is 7.42.